The van der Waals surface area contributed by atoms with Gasteiger partial charge in [-0.1, -0.05) is 0 Å². The van der Waals surface area contributed by atoms with Crippen molar-refractivity contribution in [3.05, 3.63) is 27.8 Å². The van der Waals surface area contributed by atoms with Crippen LogP contribution in [-0.4, -0.2) is 38.2 Å². The van der Waals surface area contributed by atoms with Crippen molar-refractivity contribution in [2.24, 2.45) is 10.8 Å². The zero-order valence-corrected chi connectivity index (χ0v) is 12.1. The Bertz CT molecular complexity index is 578. The van der Waals surface area contributed by atoms with E-state index in [0.29, 0.717) is 5.75 Å². The van der Waals surface area contributed by atoms with E-state index in [9.17, 15) is 14.9 Å². The van der Waals surface area contributed by atoms with Crippen LogP contribution in [0.25, 0.3) is 0 Å². The quantitative estimate of drug-likeness (QED) is 0.283. The van der Waals surface area contributed by atoms with Crippen LogP contribution in [0.2, 0.25) is 0 Å². The lowest BCUT2D eigenvalue weighted by atomic mass is 10.1. The minimum atomic E-state index is -1.01. The molecule has 0 aliphatic heterocycles. The molecule has 11 heteroatoms. The maximum atomic E-state index is 12.0. The molecule has 0 saturated heterocycles. The number of nitrogens with two attached hydrogens (primary N) is 1. The number of ether oxygens (including phenoxy) is 3. The summed E-state index contributed by atoms with van der Waals surface area (Å²) >= 11 is 0. The molecule has 0 fully saturated rings. The fraction of sp³-hybridized carbons (Fsp3) is 0.273. The number of carbonyl (C=O) groups is 1. The number of methoxy groups -OCH3 is 3. The van der Waals surface area contributed by atoms with Crippen LogP contribution in [0.15, 0.2) is 17.2 Å². The number of hydrazine groups is 1. The molecule has 1 rings (SSSR count). The van der Waals surface area contributed by atoms with E-state index in [1.54, 1.807) is 0 Å². The van der Waals surface area contributed by atoms with Crippen molar-refractivity contribution in [1.82, 2.24) is 10.9 Å². The fourth-order valence-corrected chi connectivity index (χ4v) is 1.52. The summed E-state index contributed by atoms with van der Waals surface area (Å²) in [6, 6.07) is 2.80. The number of hydrogen-bond acceptors (Lipinski definition) is 6. The third kappa shape index (κ3) is 4.13. The predicted octanol–water partition coefficient (Wildman–Crippen LogP) is -0.547. The number of guanidine groups is 1. The molecule has 1 amide bonds. The molecule has 1 aromatic carbocycles. The lowest BCUT2D eigenvalue weighted by molar-refractivity contribution is -0.485. The molecule has 0 atom stereocenters. The number of amides is 1. The molecule has 0 heterocycles. The normalized spacial score (nSPS) is 10.6. The highest BCUT2D eigenvalue weighted by Crippen LogP contribution is 2.38. The molecule has 22 heavy (non-hydrogen) atoms. The first-order valence-electron chi connectivity index (χ1n) is 5.77. The summed E-state index contributed by atoms with van der Waals surface area (Å²) in [5.41, 5.74) is 9.55. The Morgan fingerprint density at radius 2 is 1.73 bits per heavy atom. The molecule has 0 bridgehead atoms. The molecular formula is C11H15N5O6. The molecule has 0 spiro atoms. The number of benzene rings is 1. The van der Waals surface area contributed by atoms with Crippen LogP contribution in [0.1, 0.15) is 10.4 Å². The molecular weight excluding hydrogens is 298 g/mol. The topological polar surface area (TPSA) is 150 Å². The first kappa shape index (κ1) is 16.8. The Balaban J connectivity index is 2.96. The van der Waals surface area contributed by atoms with Gasteiger partial charge in [-0.15, -0.1) is 0 Å². The van der Waals surface area contributed by atoms with Crippen molar-refractivity contribution in [2.45, 2.75) is 0 Å². The van der Waals surface area contributed by atoms with E-state index in [2.05, 4.69) is 16.0 Å². The van der Waals surface area contributed by atoms with Gasteiger partial charge < -0.3 is 19.9 Å². The summed E-state index contributed by atoms with van der Waals surface area (Å²) in [5.74, 6) is -0.339. The zero-order chi connectivity index (χ0) is 16.7. The lowest BCUT2D eigenvalue weighted by Gasteiger charge is -2.14. The van der Waals surface area contributed by atoms with Crippen molar-refractivity contribution in [2.75, 3.05) is 21.3 Å². The number of nitrogens with zero attached hydrogens (tertiary/aromatic N) is 2. The molecule has 0 saturated carbocycles. The van der Waals surface area contributed by atoms with E-state index >= 15 is 0 Å². The Morgan fingerprint density at radius 3 is 2.14 bits per heavy atom. The summed E-state index contributed by atoms with van der Waals surface area (Å²) in [7, 11) is 4.23. The van der Waals surface area contributed by atoms with Crippen LogP contribution >= 0.6 is 0 Å². The second-order valence-electron chi connectivity index (χ2n) is 3.72. The van der Waals surface area contributed by atoms with Gasteiger partial charge in [0.2, 0.25) is 5.75 Å². The number of nitrogens with one attached hydrogen (secondary N) is 2. The van der Waals surface area contributed by atoms with Crippen LogP contribution in [0.4, 0.5) is 0 Å². The molecule has 4 N–H and O–H groups in total. The van der Waals surface area contributed by atoms with Crippen LogP contribution in [0, 0.1) is 10.1 Å². The van der Waals surface area contributed by atoms with Gasteiger partial charge in [-0.3, -0.25) is 15.6 Å². The van der Waals surface area contributed by atoms with Gasteiger partial charge in [-0.2, -0.15) is 0 Å². The monoisotopic (exact) mass is 313 g/mol. The van der Waals surface area contributed by atoms with Crippen LogP contribution in [0.5, 0.6) is 17.2 Å². The lowest BCUT2D eigenvalue weighted by Crippen LogP contribution is -2.45. The summed E-state index contributed by atoms with van der Waals surface area (Å²) in [6.45, 7) is 0. The van der Waals surface area contributed by atoms with Gasteiger partial charge in [0.05, 0.1) is 21.3 Å². The number of carbonyl (C=O) groups excluding carboxylic acids is 1. The smallest absolute Gasteiger partial charge is 0.284 e. The molecule has 0 aliphatic rings. The van der Waals surface area contributed by atoms with E-state index in [1.165, 1.54) is 33.5 Å². The summed E-state index contributed by atoms with van der Waals surface area (Å²) < 4.78 is 15.3. The molecule has 0 aromatic heterocycles. The van der Waals surface area contributed by atoms with Crippen molar-refractivity contribution in [3.63, 3.8) is 0 Å². The third-order valence-electron chi connectivity index (χ3n) is 2.42. The molecule has 120 valence electrons. The van der Waals surface area contributed by atoms with Gasteiger partial charge in [0.1, 0.15) is 5.10 Å². The van der Waals surface area contributed by atoms with Crippen LogP contribution < -0.4 is 30.8 Å². The molecule has 11 nitrogen and oxygen atoms in total. The predicted molar refractivity (Wildman–Crippen MR) is 75.3 cm³/mol. The van der Waals surface area contributed by atoms with Crippen molar-refractivity contribution < 1.29 is 24.0 Å². The maximum Gasteiger partial charge on any atom is 0.284 e. The highest BCUT2D eigenvalue weighted by molar-refractivity contribution is 5.96. The number of nitro groups is 1. The Morgan fingerprint density at radius 1 is 1.18 bits per heavy atom. The van der Waals surface area contributed by atoms with Gasteiger partial charge in [-0.25, -0.2) is 10.1 Å². The standard InChI is InChI=1S/C11H15N5O6/c1-20-7-4-6(5-8(21-2)9(7)22-3)10(17)13-14-11(12)15-16(18)19/h4-5H,1-3H3,(H,13,17)(H3,12,14,15). The molecule has 0 aliphatic carbocycles. The number of hydrazone groups is 1. The summed E-state index contributed by atoms with van der Waals surface area (Å²) in [6.07, 6.45) is 0. The van der Waals surface area contributed by atoms with E-state index in [-0.39, 0.29) is 17.1 Å². The van der Waals surface area contributed by atoms with Crippen LogP contribution in [-0.2, 0) is 0 Å². The zero-order valence-electron chi connectivity index (χ0n) is 12.1. The van der Waals surface area contributed by atoms with Gasteiger partial charge in [0.25, 0.3) is 11.9 Å². The molecule has 0 unspecified atom stereocenters. The van der Waals surface area contributed by atoms with E-state index in [0.717, 1.165) is 0 Å². The summed E-state index contributed by atoms with van der Waals surface area (Å²) in [5, 5.41) is 11.9. The average molecular weight is 313 g/mol. The van der Waals surface area contributed by atoms with Gasteiger partial charge in [-0.05, 0) is 12.1 Å². The second-order valence-corrected chi connectivity index (χ2v) is 3.72. The first-order valence-corrected chi connectivity index (χ1v) is 5.77. The summed E-state index contributed by atoms with van der Waals surface area (Å²) in [4.78, 5) is 22.1. The highest BCUT2D eigenvalue weighted by Gasteiger charge is 2.17. The van der Waals surface area contributed by atoms with Gasteiger partial charge >= 0.3 is 0 Å². The first-order chi connectivity index (χ1) is 10.4. The minimum Gasteiger partial charge on any atom is -0.493 e. The minimum absolute atomic E-state index is 0.149. The number of rotatable bonds is 5. The van der Waals surface area contributed by atoms with E-state index in [1.807, 2.05) is 0 Å². The van der Waals surface area contributed by atoms with E-state index < -0.39 is 16.9 Å². The third-order valence-corrected chi connectivity index (χ3v) is 2.42. The van der Waals surface area contributed by atoms with Crippen molar-refractivity contribution >= 4 is 11.9 Å². The SMILES string of the molecule is COc1cc(C(=O)NNC(N)=N[N+](=O)[O-])cc(OC)c1OC. The molecule has 0 radical (unpaired) electrons. The van der Waals surface area contributed by atoms with Gasteiger partial charge in [0, 0.05) is 5.56 Å². The fourth-order valence-electron chi connectivity index (χ4n) is 1.52. The Kier molecular flexibility index (Phi) is 5.75. The maximum absolute atomic E-state index is 12.0. The second kappa shape index (κ2) is 7.52. The highest BCUT2D eigenvalue weighted by atomic mass is 16.7. The van der Waals surface area contributed by atoms with E-state index in [4.69, 9.17) is 19.9 Å². The Hall–Kier alpha value is -3.24. The molecule has 1 aromatic rings. The largest absolute Gasteiger partial charge is 0.493 e. The van der Waals surface area contributed by atoms with Crippen molar-refractivity contribution in [3.8, 4) is 17.2 Å². The Labute approximate surface area is 125 Å². The van der Waals surface area contributed by atoms with Gasteiger partial charge in [0.15, 0.2) is 16.5 Å². The van der Waals surface area contributed by atoms with Crippen molar-refractivity contribution in [1.29, 1.82) is 0 Å². The van der Waals surface area contributed by atoms with Crippen LogP contribution in [0.3, 0.4) is 0 Å². The average Bonchev–Trinajstić information content (AvgIpc) is 2.50. The number of hydrogen-bond donors (Lipinski definition) is 3.